The number of nitrogens with zero attached hydrogens (tertiary/aromatic N) is 1. The van der Waals surface area contributed by atoms with E-state index in [0.717, 1.165) is 24.0 Å². The van der Waals surface area contributed by atoms with Crippen molar-refractivity contribution >= 4 is 0 Å². The van der Waals surface area contributed by atoms with Crippen molar-refractivity contribution in [2.24, 2.45) is 5.84 Å². The molecule has 0 radical (unpaired) electrons. The normalized spacial score (nSPS) is 26.9. The minimum Gasteiger partial charge on any atom is -0.373 e. The number of nitrogens with one attached hydrogen (secondary N) is 1. The molecule has 1 aliphatic heterocycles. The second kappa shape index (κ2) is 4.91. The number of hydrazine groups is 1. The van der Waals surface area contributed by atoms with Gasteiger partial charge in [0, 0.05) is 12.4 Å². The summed E-state index contributed by atoms with van der Waals surface area (Å²) in [6, 6.07) is 2.14. The molecule has 1 aromatic heterocycles. The Hall–Kier alpha value is -0.970. The number of aryl methyl sites for hydroxylation is 1. The summed E-state index contributed by atoms with van der Waals surface area (Å²) in [5.74, 6) is 5.62. The van der Waals surface area contributed by atoms with E-state index in [1.807, 2.05) is 19.3 Å². The lowest BCUT2D eigenvalue weighted by molar-refractivity contribution is 0.0315. The van der Waals surface area contributed by atoms with Crippen molar-refractivity contribution in [1.29, 1.82) is 0 Å². The van der Waals surface area contributed by atoms with Crippen LogP contribution in [0.2, 0.25) is 0 Å². The zero-order valence-electron chi connectivity index (χ0n) is 9.81. The Morgan fingerprint density at radius 3 is 2.88 bits per heavy atom. The number of aromatic nitrogens is 1. The van der Waals surface area contributed by atoms with Gasteiger partial charge in [-0.05, 0) is 37.8 Å². The maximum atomic E-state index is 5.84. The lowest BCUT2D eigenvalue weighted by Gasteiger charge is -2.23. The molecule has 0 bridgehead atoms. The fourth-order valence-electron chi connectivity index (χ4n) is 2.25. The average molecular weight is 221 g/mol. The van der Waals surface area contributed by atoms with Crippen LogP contribution in [-0.2, 0) is 4.74 Å². The van der Waals surface area contributed by atoms with E-state index in [0.29, 0.717) is 6.10 Å². The van der Waals surface area contributed by atoms with Crippen LogP contribution in [0.3, 0.4) is 0 Å². The lowest BCUT2D eigenvalue weighted by atomic mass is 10.0. The summed E-state index contributed by atoms with van der Waals surface area (Å²) in [5, 5.41) is 0. The molecule has 1 fully saturated rings. The molecule has 0 spiro atoms. The van der Waals surface area contributed by atoms with Gasteiger partial charge in [-0.15, -0.1) is 0 Å². The Labute approximate surface area is 96.2 Å². The van der Waals surface area contributed by atoms with Crippen molar-refractivity contribution in [2.45, 2.75) is 44.9 Å². The molecule has 3 unspecified atom stereocenters. The van der Waals surface area contributed by atoms with Crippen molar-refractivity contribution in [3.63, 3.8) is 0 Å². The summed E-state index contributed by atoms with van der Waals surface area (Å²) >= 11 is 0. The van der Waals surface area contributed by atoms with Gasteiger partial charge < -0.3 is 4.74 Å². The van der Waals surface area contributed by atoms with Crippen LogP contribution in [0.4, 0.5) is 0 Å². The van der Waals surface area contributed by atoms with Crippen LogP contribution in [0, 0.1) is 6.92 Å². The van der Waals surface area contributed by atoms with Crippen LogP contribution < -0.4 is 11.3 Å². The molecule has 0 amide bonds. The maximum Gasteiger partial charge on any atom is 0.0787 e. The van der Waals surface area contributed by atoms with Gasteiger partial charge >= 0.3 is 0 Å². The summed E-state index contributed by atoms with van der Waals surface area (Å²) in [6.07, 6.45) is 6.33. The van der Waals surface area contributed by atoms with Crippen molar-refractivity contribution in [3.8, 4) is 0 Å². The highest BCUT2D eigenvalue weighted by Gasteiger charge is 2.30. The molecule has 1 aliphatic rings. The standard InChI is InChI=1S/C12H19N3O/c1-8-5-10(7-14-6-8)12(15-13)11-4-3-9(2)16-11/h5-7,9,11-12,15H,3-4,13H2,1-2H3. The van der Waals surface area contributed by atoms with E-state index >= 15 is 0 Å². The second-order valence-electron chi connectivity index (χ2n) is 4.50. The number of rotatable bonds is 3. The maximum absolute atomic E-state index is 5.84. The van der Waals surface area contributed by atoms with E-state index in [1.165, 1.54) is 0 Å². The van der Waals surface area contributed by atoms with E-state index in [9.17, 15) is 0 Å². The smallest absolute Gasteiger partial charge is 0.0787 e. The van der Waals surface area contributed by atoms with Gasteiger partial charge in [0.05, 0.1) is 18.2 Å². The largest absolute Gasteiger partial charge is 0.373 e. The minimum atomic E-state index is 0.0392. The quantitative estimate of drug-likeness (QED) is 0.599. The van der Waals surface area contributed by atoms with Crippen LogP contribution in [0.25, 0.3) is 0 Å². The summed E-state index contributed by atoms with van der Waals surface area (Å²) in [4.78, 5) is 4.19. The molecule has 0 aromatic carbocycles. The second-order valence-corrected chi connectivity index (χ2v) is 4.50. The van der Waals surface area contributed by atoms with Crippen molar-refractivity contribution in [2.75, 3.05) is 0 Å². The monoisotopic (exact) mass is 221 g/mol. The Balaban J connectivity index is 2.16. The first-order valence-electron chi connectivity index (χ1n) is 5.74. The molecule has 16 heavy (non-hydrogen) atoms. The molecule has 0 aliphatic carbocycles. The third-order valence-corrected chi connectivity index (χ3v) is 3.07. The zero-order valence-corrected chi connectivity index (χ0v) is 9.81. The molecule has 2 rings (SSSR count). The summed E-state index contributed by atoms with van der Waals surface area (Å²) < 4.78 is 5.84. The molecular formula is C12H19N3O. The highest BCUT2D eigenvalue weighted by Crippen LogP contribution is 2.29. The first kappa shape index (κ1) is 11.5. The van der Waals surface area contributed by atoms with Gasteiger partial charge in [0.15, 0.2) is 0 Å². The van der Waals surface area contributed by atoms with Crippen molar-refractivity contribution < 1.29 is 4.74 Å². The predicted molar refractivity (Wildman–Crippen MR) is 62.6 cm³/mol. The van der Waals surface area contributed by atoms with Crippen LogP contribution in [0.5, 0.6) is 0 Å². The third kappa shape index (κ3) is 2.40. The minimum absolute atomic E-state index is 0.0392. The summed E-state index contributed by atoms with van der Waals surface area (Å²) in [7, 11) is 0. The predicted octanol–water partition coefficient (Wildman–Crippen LogP) is 1.46. The van der Waals surface area contributed by atoms with E-state index in [4.69, 9.17) is 10.6 Å². The molecule has 1 saturated heterocycles. The molecule has 3 atom stereocenters. The Morgan fingerprint density at radius 1 is 1.50 bits per heavy atom. The van der Waals surface area contributed by atoms with Gasteiger partial charge in [-0.25, -0.2) is 0 Å². The van der Waals surface area contributed by atoms with Gasteiger partial charge in [-0.3, -0.25) is 16.3 Å². The fourth-order valence-corrected chi connectivity index (χ4v) is 2.25. The SMILES string of the molecule is Cc1cncc(C(NN)C2CCC(C)O2)c1. The van der Waals surface area contributed by atoms with Crippen LogP contribution in [0.15, 0.2) is 18.5 Å². The zero-order chi connectivity index (χ0) is 11.5. The molecule has 4 nitrogen and oxygen atoms in total. The first-order valence-corrected chi connectivity index (χ1v) is 5.74. The van der Waals surface area contributed by atoms with E-state index < -0.39 is 0 Å². The number of hydrogen-bond acceptors (Lipinski definition) is 4. The van der Waals surface area contributed by atoms with Crippen LogP contribution in [-0.4, -0.2) is 17.2 Å². The van der Waals surface area contributed by atoms with Gasteiger partial charge in [-0.2, -0.15) is 0 Å². The molecule has 4 heteroatoms. The van der Waals surface area contributed by atoms with Gasteiger partial charge in [-0.1, -0.05) is 6.07 Å². The fraction of sp³-hybridized carbons (Fsp3) is 0.583. The highest BCUT2D eigenvalue weighted by atomic mass is 16.5. The van der Waals surface area contributed by atoms with Gasteiger partial charge in [0.25, 0.3) is 0 Å². The Bertz CT molecular complexity index is 356. The van der Waals surface area contributed by atoms with E-state index in [-0.39, 0.29) is 12.1 Å². The first-order chi connectivity index (χ1) is 7.70. The van der Waals surface area contributed by atoms with Gasteiger partial charge in [0.1, 0.15) is 0 Å². The molecule has 2 heterocycles. The third-order valence-electron chi connectivity index (χ3n) is 3.07. The summed E-state index contributed by atoms with van der Waals surface area (Å²) in [5.41, 5.74) is 5.08. The van der Waals surface area contributed by atoms with Crippen molar-refractivity contribution in [3.05, 3.63) is 29.6 Å². The lowest BCUT2D eigenvalue weighted by Crippen LogP contribution is -2.36. The summed E-state index contributed by atoms with van der Waals surface area (Å²) in [6.45, 7) is 4.13. The average Bonchev–Trinajstić information content (AvgIpc) is 2.66. The number of pyridine rings is 1. The Morgan fingerprint density at radius 2 is 2.31 bits per heavy atom. The van der Waals surface area contributed by atoms with E-state index in [2.05, 4.69) is 23.4 Å². The Kier molecular flexibility index (Phi) is 3.53. The topological polar surface area (TPSA) is 60.2 Å². The van der Waals surface area contributed by atoms with Crippen molar-refractivity contribution in [1.82, 2.24) is 10.4 Å². The van der Waals surface area contributed by atoms with Crippen LogP contribution in [0.1, 0.15) is 36.9 Å². The molecule has 0 saturated carbocycles. The highest BCUT2D eigenvalue weighted by molar-refractivity contribution is 5.21. The molecule has 1 aromatic rings. The number of nitrogens with two attached hydrogens (primary N) is 1. The number of hydrogen-bond donors (Lipinski definition) is 2. The molecule has 3 N–H and O–H groups in total. The van der Waals surface area contributed by atoms with E-state index in [1.54, 1.807) is 0 Å². The molecule has 88 valence electrons. The number of ether oxygens (including phenoxy) is 1. The van der Waals surface area contributed by atoms with Gasteiger partial charge in [0.2, 0.25) is 0 Å². The van der Waals surface area contributed by atoms with Crippen LogP contribution >= 0.6 is 0 Å². The molecular weight excluding hydrogens is 202 g/mol.